The third-order valence-corrected chi connectivity index (χ3v) is 2.28. The van der Waals surface area contributed by atoms with E-state index in [-0.39, 0.29) is 0 Å². The molecule has 5 heteroatoms. The number of nitrogens with one attached hydrogen (secondary N) is 2. The van der Waals surface area contributed by atoms with Crippen LogP contribution in [0.5, 0.6) is 0 Å². The molecule has 1 heterocycles. The monoisotopic (exact) mass is 226 g/mol. The number of aryl methyl sites for hydroxylation is 2. The molecule has 1 rings (SSSR count). The smallest absolute Gasteiger partial charge is 0.166 e. The zero-order valence-corrected chi connectivity index (χ0v) is 10.5. The minimum atomic E-state index is 0.357. The Morgan fingerprint density at radius 2 is 2.27 bits per heavy atom. The number of nitrogens with zero attached hydrogens (tertiary/aromatic N) is 2. The molecule has 0 aliphatic carbocycles. The largest absolute Gasteiger partial charge is 0.361 e. The number of rotatable bonds is 3. The Morgan fingerprint density at radius 3 is 2.73 bits per heavy atom. The second-order valence-corrected chi connectivity index (χ2v) is 4.29. The predicted octanol–water partition coefficient (Wildman–Crippen LogP) is 1.10. The fourth-order valence-corrected chi connectivity index (χ4v) is 1.51. The number of aromatic nitrogens is 2. The molecule has 0 aliphatic rings. The van der Waals surface area contributed by atoms with Crippen LogP contribution in [0, 0.1) is 6.92 Å². The van der Waals surface area contributed by atoms with Crippen molar-refractivity contribution in [3.63, 3.8) is 0 Å². The Kier molecular flexibility index (Phi) is 4.08. The SMILES string of the molecule is Cc1cc(CNC(=S)NC(C)C)nn1C. The molecule has 0 atom stereocenters. The maximum absolute atomic E-state index is 5.11. The zero-order chi connectivity index (χ0) is 11.4. The van der Waals surface area contributed by atoms with Gasteiger partial charge in [0, 0.05) is 18.8 Å². The first-order valence-corrected chi connectivity index (χ1v) is 5.43. The van der Waals surface area contributed by atoms with Gasteiger partial charge in [0.25, 0.3) is 0 Å². The average Bonchev–Trinajstić information content (AvgIpc) is 2.42. The van der Waals surface area contributed by atoms with E-state index in [9.17, 15) is 0 Å². The minimum absolute atomic E-state index is 0.357. The van der Waals surface area contributed by atoms with Gasteiger partial charge in [-0.1, -0.05) is 0 Å². The van der Waals surface area contributed by atoms with Gasteiger partial charge in [-0.25, -0.2) is 0 Å². The first-order chi connectivity index (χ1) is 6.99. The van der Waals surface area contributed by atoms with Crippen LogP contribution in [0.25, 0.3) is 0 Å². The summed E-state index contributed by atoms with van der Waals surface area (Å²) in [6.45, 7) is 6.80. The fraction of sp³-hybridized carbons (Fsp3) is 0.600. The zero-order valence-electron chi connectivity index (χ0n) is 9.66. The van der Waals surface area contributed by atoms with Crippen molar-refractivity contribution >= 4 is 17.3 Å². The van der Waals surface area contributed by atoms with Gasteiger partial charge in [-0.15, -0.1) is 0 Å². The van der Waals surface area contributed by atoms with Crippen LogP contribution in [-0.2, 0) is 13.6 Å². The van der Waals surface area contributed by atoms with Crippen LogP contribution in [0.15, 0.2) is 6.07 Å². The quantitative estimate of drug-likeness (QED) is 0.757. The van der Waals surface area contributed by atoms with Crippen LogP contribution in [-0.4, -0.2) is 20.9 Å². The summed E-state index contributed by atoms with van der Waals surface area (Å²) in [5, 5.41) is 11.2. The van der Waals surface area contributed by atoms with Crippen LogP contribution in [0.2, 0.25) is 0 Å². The molecular formula is C10H18N4S. The molecule has 0 spiro atoms. The Labute approximate surface area is 96.1 Å². The lowest BCUT2D eigenvalue weighted by molar-refractivity contribution is 0.691. The maximum Gasteiger partial charge on any atom is 0.166 e. The third-order valence-electron chi connectivity index (χ3n) is 2.01. The molecule has 2 N–H and O–H groups in total. The molecule has 1 aromatic heterocycles. The second kappa shape index (κ2) is 5.11. The van der Waals surface area contributed by atoms with E-state index in [0.29, 0.717) is 17.7 Å². The summed E-state index contributed by atoms with van der Waals surface area (Å²) >= 11 is 5.11. The molecule has 1 aromatic rings. The average molecular weight is 226 g/mol. The summed E-state index contributed by atoms with van der Waals surface area (Å²) in [4.78, 5) is 0. The molecular weight excluding hydrogens is 208 g/mol. The lowest BCUT2D eigenvalue weighted by Gasteiger charge is -2.11. The Bertz CT molecular complexity index is 324. The van der Waals surface area contributed by atoms with Crippen molar-refractivity contribution < 1.29 is 0 Å². The van der Waals surface area contributed by atoms with Crippen molar-refractivity contribution in [1.29, 1.82) is 0 Å². The van der Waals surface area contributed by atoms with Gasteiger partial charge in [0.05, 0.1) is 12.2 Å². The molecule has 0 amide bonds. The first kappa shape index (κ1) is 12.0. The molecule has 15 heavy (non-hydrogen) atoms. The molecule has 4 nitrogen and oxygen atoms in total. The third kappa shape index (κ3) is 3.87. The van der Waals surface area contributed by atoms with E-state index in [0.717, 1.165) is 11.4 Å². The van der Waals surface area contributed by atoms with E-state index in [1.54, 1.807) is 0 Å². The summed E-state index contributed by atoms with van der Waals surface area (Å²) in [5.41, 5.74) is 2.15. The molecule has 0 aromatic carbocycles. The van der Waals surface area contributed by atoms with Crippen molar-refractivity contribution in [2.45, 2.75) is 33.4 Å². The van der Waals surface area contributed by atoms with E-state index in [1.165, 1.54) is 0 Å². The van der Waals surface area contributed by atoms with Gasteiger partial charge < -0.3 is 10.6 Å². The second-order valence-electron chi connectivity index (χ2n) is 3.88. The highest BCUT2D eigenvalue weighted by molar-refractivity contribution is 7.80. The van der Waals surface area contributed by atoms with Gasteiger partial charge in [0.15, 0.2) is 5.11 Å². The highest BCUT2D eigenvalue weighted by Crippen LogP contribution is 2.00. The number of hydrogen-bond acceptors (Lipinski definition) is 2. The van der Waals surface area contributed by atoms with Crippen LogP contribution in [0.1, 0.15) is 25.2 Å². The summed E-state index contributed by atoms with van der Waals surface area (Å²) < 4.78 is 1.86. The van der Waals surface area contributed by atoms with E-state index >= 15 is 0 Å². The van der Waals surface area contributed by atoms with Crippen molar-refractivity contribution in [2.75, 3.05) is 0 Å². The van der Waals surface area contributed by atoms with Gasteiger partial charge in [-0.05, 0) is 39.1 Å². The normalized spacial score (nSPS) is 10.5. The molecule has 0 aliphatic heterocycles. The van der Waals surface area contributed by atoms with E-state index in [1.807, 2.05) is 24.7 Å². The van der Waals surface area contributed by atoms with E-state index in [2.05, 4.69) is 29.6 Å². The van der Waals surface area contributed by atoms with Gasteiger partial charge >= 0.3 is 0 Å². The van der Waals surface area contributed by atoms with E-state index < -0.39 is 0 Å². The number of hydrogen-bond donors (Lipinski definition) is 2. The van der Waals surface area contributed by atoms with Crippen molar-refractivity contribution in [3.05, 3.63) is 17.5 Å². The Hall–Kier alpha value is -1.10. The van der Waals surface area contributed by atoms with Gasteiger partial charge in [0.2, 0.25) is 0 Å². The predicted molar refractivity (Wildman–Crippen MR) is 65.7 cm³/mol. The van der Waals surface area contributed by atoms with Gasteiger partial charge in [0.1, 0.15) is 0 Å². The number of thiocarbonyl (C=S) groups is 1. The Morgan fingerprint density at radius 1 is 1.60 bits per heavy atom. The molecule has 0 fully saturated rings. The highest BCUT2D eigenvalue weighted by atomic mass is 32.1. The maximum atomic E-state index is 5.11. The Balaban J connectivity index is 2.40. The summed E-state index contributed by atoms with van der Waals surface area (Å²) in [6.07, 6.45) is 0. The molecule has 0 radical (unpaired) electrons. The summed E-state index contributed by atoms with van der Waals surface area (Å²) in [6, 6.07) is 2.40. The molecule has 0 saturated heterocycles. The fourth-order valence-electron chi connectivity index (χ4n) is 1.21. The summed E-state index contributed by atoms with van der Waals surface area (Å²) in [5.74, 6) is 0. The van der Waals surface area contributed by atoms with Crippen LogP contribution < -0.4 is 10.6 Å². The van der Waals surface area contributed by atoms with E-state index in [4.69, 9.17) is 12.2 Å². The van der Waals surface area contributed by atoms with Crippen LogP contribution in [0.3, 0.4) is 0 Å². The molecule has 0 unspecified atom stereocenters. The van der Waals surface area contributed by atoms with Gasteiger partial charge in [-0.3, -0.25) is 4.68 Å². The topological polar surface area (TPSA) is 41.9 Å². The van der Waals surface area contributed by atoms with Crippen LogP contribution >= 0.6 is 12.2 Å². The molecule has 0 bridgehead atoms. The highest BCUT2D eigenvalue weighted by Gasteiger charge is 2.02. The molecule has 84 valence electrons. The lowest BCUT2D eigenvalue weighted by atomic mass is 10.4. The van der Waals surface area contributed by atoms with Crippen molar-refractivity contribution in [2.24, 2.45) is 7.05 Å². The first-order valence-electron chi connectivity index (χ1n) is 5.03. The summed E-state index contributed by atoms with van der Waals surface area (Å²) in [7, 11) is 1.93. The van der Waals surface area contributed by atoms with Gasteiger partial charge in [-0.2, -0.15) is 5.10 Å². The van der Waals surface area contributed by atoms with Crippen molar-refractivity contribution in [3.8, 4) is 0 Å². The van der Waals surface area contributed by atoms with Crippen molar-refractivity contribution in [1.82, 2.24) is 20.4 Å². The van der Waals surface area contributed by atoms with Crippen LogP contribution in [0.4, 0.5) is 0 Å². The standard InChI is InChI=1S/C10H18N4S/c1-7(2)12-10(15)11-6-9-5-8(3)14(4)13-9/h5,7H,6H2,1-4H3,(H2,11,12,15). The lowest BCUT2D eigenvalue weighted by Crippen LogP contribution is -2.38. The minimum Gasteiger partial charge on any atom is -0.361 e. The molecule has 0 saturated carbocycles.